The fraction of sp³-hybridized carbons (Fsp3) is 0.400. The Kier molecular flexibility index (Phi) is 5.63. The molecule has 128 valence electrons. The van der Waals surface area contributed by atoms with Gasteiger partial charge in [-0.1, -0.05) is 60.7 Å². The Morgan fingerprint density at radius 1 is 1.04 bits per heavy atom. The Bertz CT molecular complexity index is 616. The lowest BCUT2D eigenvalue weighted by Gasteiger charge is -2.44. The molecule has 4 heteroatoms. The average molecular weight is 328 g/mol. The SMILES string of the molecule is OCCCC1CCOC(c2ccccc2)(C(O)c2ccccc2)O1. The van der Waals surface area contributed by atoms with Crippen molar-refractivity contribution in [2.24, 2.45) is 0 Å². The largest absolute Gasteiger partial charge is 0.396 e. The van der Waals surface area contributed by atoms with Gasteiger partial charge in [0.2, 0.25) is 5.79 Å². The minimum Gasteiger partial charge on any atom is -0.396 e. The van der Waals surface area contributed by atoms with Gasteiger partial charge in [-0.25, -0.2) is 0 Å². The average Bonchev–Trinajstić information content (AvgIpc) is 2.67. The second-order valence-electron chi connectivity index (χ2n) is 6.09. The van der Waals surface area contributed by atoms with E-state index in [0.29, 0.717) is 13.0 Å². The number of aliphatic hydroxyl groups excluding tert-OH is 2. The molecule has 0 aromatic heterocycles. The topological polar surface area (TPSA) is 58.9 Å². The van der Waals surface area contributed by atoms with Gasteiger partial charge < -0.3 is 19.7 Å². The molecule has 3 atom stereocenters. The summed E-state index contributed by atoms with van der Waals surface area (Å²) < 4.78 is 12.3. The molecule has 24 heavy (non-hydrogen) atoms. The monoisotopic (exact) mass is 328 g/mol. The summed E-state index contributed by atoms with van der Waals surface area (Å²) in [4.78, 5) is 0. The molecule has 1 fully saturated rings. The van der Waals surface area contributed by atoms with Gasteiger partial charge in [0.05, 0.1) is 12.7 Å². The van der Waals surface area contributed by atoms with E-state index < -0.39 is 11.9 Å². The van der Waals surface area contributed by atoms with Crippen molar-refractivity contribution in [3.63, 3.8) is 0 Å². The molecule has 0 aliphatic carbocycles. The third kappa shape index (κ3) is 3.52. The zero-order valence-corrected chi connectivity index (χ0v) is 13.7. The highest BCUT2D eigenvalue weighted by Gasteiger charge is 2.47. The Labute approximate surface area is 142 Å². The molecular formula is C20H24O4. The predicted molar refractivity (Wildman–Crippen MR) is 91.3 cm³/mol. The summed E-state index contributed by atoms with van der Waals surface area (Å²) in [6, 6.07) is 19.0. The van der Waals surface area contributed by atoms with Crippen LogP contribution in [0.1, 0.15) is 36.5 Å². The molecule has 3 rings (SSSR count). The van der Waals surface area contributed by atoms with Crippen LogP contribution in [0.25, 0.3) is 0 Å². The number of hydrogen-bond acceptors (Lipinski definition) is 4. The van der Waals surface area contributed by atoms with E-state index in [1.54, 1.807) is 0 Å². The molecule has 0 spiro atoms. The quantitative estimate of drug-likeness (QED) is 0.855. The van der Waals surface area contributed by atoms with Crippen molar-refractivity contribution in [1.82, 2.24) is 0 Å². The van der Waals surface area contributed by atoms with Gasteiger partial charge in [0.15, 0.2) is 0 Å². The fourth-order valence-electron chi connectivity index (χ4n) is 3.18. The molecule has 1 aliphatic heterocycles. The molecule has 2 aromatic carbocycles. The van der Waals surface area contributed by atoms with Crippen molar-refractivity contribution in [2.45, 2.75) is 37.3 Å². The number of aliphatic hydroxyl groups is 2. The Hall–Kier alpha value is -1.72. The summed E-state index contributed by atoms with van der Waals surface area (Å²) in [5.74, 6) is -1.22. The molecule has 0 amide bonds. The molecule has 0 bridgehead atoms. The van der Waals surface area contributed by atoms with Crippen LogP contribution >= 0.6 is 0 Å². The van der Waals surface area contributed by atoms with Crippen molar-refractivity contribution in [3.05, 3.63) is 71.8 Å². The highest BCUT2D eigenvalue weighted by Crippen LogP contribution is 2.44. The van der Waals surface area contributed by atoms with E-state index in [2.05, 4.69) is 0 Å². The highest BCUT2D eigenvalue weighted by molar-refractivity contribution is 5.28. The zero-order valence-electron chi connectivity index (χ0n) is 13.7. The normalized spacial score (nSPS) is 25.3. The summed E-state index contributed by atoms with van der Waals surface area (Å²) in [6.45, 7) is 0.648. The maximum atomic E-state index is 11.1. The molecular weight excluding hydrogens is 304 g/mol. The van der Waals surface area contributed by atoms with E-state index in [-0.39, 0.29) is 12.7 Å². The van der Waals surface area contributed by atoms with Crippen LogP contribution in [0.15, 0.2) is 60.7 Å². The van der Waals surface area contributed by atoms with Crippen LogP contribution in [0.3, 0.4) is 0 Å². The van der Waals surface area contributed by atoms with E-state index in [4.69, 9.17) is 14.6 Å². The highest BCUT2D eigenvalue weighted by atomic mass is 16.7. The summed E-state index contributed by atoms with van der Waals surface area (Å²) in [7, 11) is 0. The molecule has 1 saturated heterocycles. The van der Waals surface area contributed by atoms with E-state index >= 15 is 0 Å². The molecule has 3 unspecified atom stereocenters. The first-order valence-corrected chi connectivity index (χ1v) is 8.47. The lowest BCUT2D eigenvalue weighted by atomic mass is 9.92. The smallest absolute Gasteiger partial charge is 0.226 e. The summed E-state index contributed by atoms with van der Waals surface area (Å²) >= 11 is 0. The van der Waals surface area contributed by atoms with E-state index in [1.165, 1.54) is 0 Å². The van der Waals surface area contributed by atoms with Crippen LogP contribution in [-0.2, 0) is 15.3 Å². The van der Waals surface area contributed by atoms with Crippen molar-refractivity contribution >= 4 is 0 Å². The van der Waals surface area contributed by atoms with Crippen LogP contribution in [0.2, 0.25) is 0 Å². The number of rotatable bonds is 6. The van der Waals surface area contributed by atoms with Crippen LogP contribution in [0.5, 0.6) is 0 Å². The number of benzene rings is 2. The van der Waals surface area contributed by atoms with Gasteiger partial charge in [-0.3, -0.25) is 0 Å². The van der Waals surface area contributed by atoms with Gasteiger partial charge >= 0.3 is 0 Å². The van der Waals surface area contributed by atoms with E-state index in [1.807, 2.05) is 60.7 Å². The third-order valence-electron chi connectivity index (χ3n) is 4.43. The van der Waals surface area contributed by atoms with Crippen LogP contribution in [-0.4, -0.2) is 29.5 Å². The molecule has 2 aromatic rings. The van der Waals surface area contributed by atoms with Crippen molar-refractivity contribution in [1.29, 1.82) is 0 Å². The van der Waals surface area contributed by atoms with Crippen molar-refractivity contribution < 1.29 is 19.7 Å². The molecule has 1 heterocycles. The first-order valence-electron chi connectivity index (χ1n) is 8.47. The lowest BCUT2D eigenvalue weighted by molar-refractivity contribution is -0.343. The van der Waals surface area contributed by atoms with Gasteiger partial charge in [0.1, 0.15) is 6.10 Å². The Morgan fingerprint density at radius 3 is 2.38 bits per heavy atom. The summed E-state index contributed by atoms with van der Waals surface area (Å²) in [5, 5.41) is 20.2. The van der Waals surface area contributed by atoms with Crippen LogP contribution < -0.4 is 0 Å². The van der Waals surface area contributed by atoms with Gasteiger partial charge in [0, 0.05) is 12.2 Å². The maximum absolute atomic E-state index is 11.1. The van der Waals surface area contributed by atoms with Crippen LogP contribution in [0, 0.1) is 0 Å². The minimum atomic E-state index is -1.22. The third-order valence-corrected chi connectivity index (χ3v) is 4.43. The van der Waals surface area contributed by atoms with Crippen LogP contribution in [0.4, 0.5) is 0 Å². The second-order valence-corrected chi connectivity index (χ2v) is 6.09. The maximum Gasteiger partial charge on any atom is 0.226 e. The van der Waals surface area contributed by atoms with E-state index in [9.17, 15) is 5.11 Å². The number of ether oxygens (including phenoxy) is 2. The standard InChI is InChI=1S/C20H24O4/c21-14-7-12-18-13-15-23-20(24-18,17-10-5-2-6-11-17)19(22)16-8-3-1-4-9-16/h1-6,8-11,18-19,21-22H,7,12-15H2. The number of hydrogen-bond donors (Lipinski definition) is 2. The predicted octanol–water partition coefficient (Wildman–Crippen LogP) is 3.15. The summed E-state index contributed by atoms with van der Waals surface area (Å²) in [5.41, 5.74) is 1.55. The van der Waals surface area contributed by atoms with Gasteiger partial charge in [-0.05, 0) is 24.8 Å². The summed E-state index contributed by atoms with van der Waals surface area (Å²) in [6.07, 6.45) is 1.20. The first-order chi connectivity index (χ1) is 11.8. The van der Waals surface area contributed by atoms with Crippen molar-refractivity contribution in [2.75, 3.05) is 13.2 Å². The molecule has 4 nitrogen and oxygen atoms in total. The fourth-order valence-corrected chi connectivity index (χ4v) is 3.18. The Morgan fingerprint density at radius 2 is 1.71 bits per heavy atom. The van der Waals surface area contributed by atoms with Gasteiger partial charge in [-0.15, -0.1) is 0 Å². The lowest BCUT2D eigenvalue weighted by Crippen LogP contribution is -2.47. The molecule has 1 aliphatic rings. The van der Waals surface area contributed by atoms with E-state index in [0.717, 1.165) is 24.0 Å². The Balaban J connectivity index is 1.95. The molecule has 2 N–H and O–H groups in total. The second kappa shape index (κ2) is 7.90. The first kappa shape index (κ1) is 17.1. The molecule has 0 saturated carbocycles. The van der Waals surface area contributed by atoms with Gasteiger partial charge in [0.25, 0.3) is 0 Å². The zero-order chi connectivity index (χ0) is 16.8. The minimum absolute atomic E-state index is 0.0514. The van der Waals surface area contributed by atoms with Crippen molar-refractivity contribution in [3.8, 4) is 0 Å². The van der Waals surface area contributed by atoms with Gasteiger partial charge in [-0.2, -0.15) is 0 Å². The molecule has 0 radical (unpaired) electrons.